The van der Waals surface area contributed by atoms with Crippen molar-refractivity contribution in [1.29, 1.82) is 0 Å². The molecule has 188 valence electrons. The Balaban J connectivity index is 1.20. The molecule has 2 aromatic carbocycles. The number of hydrogen-bond donors (Lipinski definition) is 0. The number of halogens is 1. The van der Waals surface area contributed by atoms with Gasteiger partial charge in [-0.05, 0) is 68.7 Å². The Morgan fingerprint density at radius 2 is 1.80 bits per heavy atom. The van der Waals surface area contributed by atoms with E-state index in [0.717, 1.165) is 62.6 Å². The number of hydrogen-bond acceptors (Lipinski definition) is 5. The van der Waals surface area contributed by atoms with Crippen molar-refractivity contribution in [1.82, 2.24) is 9.80 Å². The Hall–Kier alpha value is -2.64. The van der Waals surface area contributed by atoms with Crippen molar-refractivity contribution in [3.05, 3.63) is 59.4 Å². The van der Waals surface area contributed by atoms with Crippen LogP contribution in [-0.4, -0.2) is 67.2 Å². The first kappa shape index (κ1) is 24.1. The number of benzene rings is 2. The largest absolute Gasteiger partial charge is 0.491 e. The summed E-state index contributed by atoms with van der Waals surface area (Å²) in [7, 11) is 0. The van der Waals surface area contributed by atoms with Crippen LogP contribution in [-0.2, 0) is 22.6 Å². The first-order valence-corrected chi connectivity index (χ1v) is 12.8. The van der Waals surface area contributed by atoms with Gasteiger partial charge in [0.1, 0.15) is 18.2 Å². The van der Waals surface area contributed by atoms with Crippen LogP contribution < -0.4 is 9.64 Å². The van der Waals surface area contributed by atoms with Crippen LogP contribution in [0.3, 0.4) is 0 Å². The zero-order valence-electron chi connectivity index (χ0n) is 20.8. The first-order valence-electron chi connectivity index (χ1n) is 12.8. The highest BCUT2D eigenvalue weighted by molar-refractivity contribution is 5.79. The number of piperazine rings is 1. The van der Waals surface area contributed by atoms with Crippen molar-refractivity contribution < 1.29 is 18.7 Å². The van der Waals surface area contributed by atoms with Gasteiger partial charge in [0.15, 0.2) is 0 Å². The molecule has 5 rings (SSSR count). The third-order valence-corrected chi connectivity index (χ3v) is 7.43. The Morgan fingerprint density at radius 3 is 2.54 bits per heavy atom. The Kier molecular flexibility index (Phi) is 6.98. The van der Waals surface area contributed by atoms with Crippen LogP contribution in [0.5, 0.6) is 5.75 Å². The summed E-state index contributed by atoms with van der Waals surface area (Å²) in [5.41, 5.74) is 3.16. The quantitative estimate of drug-likeness (QED) is 0.659. The zero-order valence-corrected chi connectivity index (χ0v) is 20.8. The van der Waals surface area contributed by atoms with E-state index in [9.17, 15) is 9.18 Å². The third-order valence-electron chi connectivity index (χ3n) is 7.43. The molecule has 3 aliphatic rings. The van der Waals surface area contributed by atoms with Crippen LogP contribution in [0.2, 0.25) is 0 Å². The Morgan fingerprint density at radius 1 is 1.03 bits per heavy atom. The summed E-state index contributed by atoms with van der Waals surface area (Å²) in [6.45, 7) is 11.1. The molecule has 3 aliphatic heterocycles. The summed E-state index contributed by atoms with van der Waals surface area (Å²) < 4.78 is 25.1. The number of nitrogens with zero attached hydrogens (tertiary/aromatic N) is 3. The SMILES string of the molecule is CC1(C)C[C@H](C(=O)N2CCOc3ccc(CN4CCN(c5ccc(F)cc5)CC4)cc3C2)CCO1. The van der Waals surface area contributed by atoms with Gasteiger partial charge in [0.05, 0.1) is 12.1 Å². The molecule has 0 aliphatic carbocycles. The third kappa shape index (κ3) is 5.78. The number of carbonyl (C=O) groups excluding carboxylic acids is 1. The smallest absolute Gasteiger partial charge is 0.226 e. The van der Waals surface area contributed by atoms with Gasteiger partial charge in [0, 0.05) is 63.0 Å². The fraction of sp³-hybridized carbons (Fsp3) is 0.536. The van der Waals surface area contributed by atoms with Crippen molar-refractivity contribution >= 4 is 11.6 Å². The Bertz CT molecular complexity index is 1030. The molecular formula is C28H36FN3O3. The molecule has 0 unspecified atom stereocenters. The lowest BCUT2D eigenvalue weighted by molar-refractivity contribution is -0.146. The van der Waals surface area contributed by atoms with E-state index in [4.69, 9.17) is 9.47 Å². The molecule has 0 radical (unpaired) electrons. The van der Waals surface area contributed by atoms with E-state index in [0.29, 0.717) is 26.3 Å². The number of ether oxygens (including phenoxy) is 2. The van der Waals surface area contributed by atoms with E-state index in [-0.39, 0.29) is 23.2 Å². The van der Waals surface area contributed by atoms with Crippen molar-refractivity contribution in [3.8, 4) is 5.75 Å². The minimum atomic E-state index is -0.243. The second-order valence-electron chi connectivity index (χ2n) is 10.6. The van der Waals surface area contributed by atoms with Gasteiger partial charge in [-0.1, -0.05) is 6.07 Å². The molecule has 1 atom stereocenters. The van der Waals surface area contributed by atoms with E-state index < -0.39 is 0 Å². The zero-order chi connectivity index (χ0) is 24.4. The van der Waals surface area contributed by atoms with Crippen molar-refractivity contribution in [2.45, 2.75) is 45.4 Å². The maximum atomic E-state index is 13.4. The lowest BCUT2D eigenvalue weighted by Crippen LogP contribution is -2.46. The minimum Gasteiger partial charge on any atom is -0.491 e. The summed E-state index contributed by atoms with van der Waals surface area (Å²) in [6, 6.07) is 13.2. The molecule has 2 saturated heterocycles. The van der Waals surface area contributed by atoms with E-state index in [2.05, 4.69) is 41.8 Å². The molecule has 0 aromatic heterocycles. The summed E-state index contributed by atoms with van der Waals surface area (Å²) in [5.74, 6) is 0.926. The molecule has 3 heterocycles. The van der Waals surface area contributed by atoms with E-state index in [1.807, 2.05) is 17.0 Å². The van der Waals surface area contributed by atoms with Gasteiger partial charge in [0.2, 0.25) is 5.91 Å². The van der Waals surface area contributed by atoms with Crippen LogP contribution >= 0.6 is 0 Å². The summed E-state index contributed by atoms with van der Waals surface area (Å²) >= 11 is 0. The molecular weight excluding hydrogens is 445 g/mol. The normalized spacial score (nSPS) is 22.8. The molecule has 0 saturated carbocycles. The van der Waals surface area contributed by atoms with E-state index in [1.54, 1.807) is 0 Å². The summed E-state index contributed by atoms with van der Waals surface area (Å²) in [4.78, 5) is 20.1. The predicted octanol–water partition coefficient (Wildman–Crippen LogP) is 4.07. The highest BCUT2D eigenvalue weighted by atomic mass is 19.1. The Labute approximate surface area is 207 Å². The molecule has 1 amide bonds. The van der Waals surface area contributed by atoms with Crippen LogP contribution in [0.4, 0.5) is 10.1 Å². The minimum absolute atomic E-state index is 0.0147. The van der Waals surface area contributed by atoms with Gasteiger partial charge in [-0.2, -0.15) is 0 Å². The topological polar surface area (TPSA) is 45.2 Å². The molecule has 2 fully saturated rings. The van der Waals surface area contributed by atoms with Crippen LogP contribution in [0.15, 0.2) is 42.5 Å². The number of rotatable bonds is 4. The average molecular weight is 482 g/mol. The summed E-state index contributed by atoms with van der Waals surface area (Å²) in [5, 5.41) is 0. The maximum Gasteiger partial charge on any atom is 0.226 e. The molecule has 7 heteroatoms. The highest BCUT2D eigenvalue weighted by Gasteiger charge is 2.35. The molecule has 35 heavy (non-hydrogen) atoms. The molecule has 6 nitrogen and oxygen atoms in total. The number of carbonyl (C=O) groups is 1. The van der Waals surface area contributed by atoms with Crippen molar-refractivity contribution in [2.75, 3.05) is 50.8 Å². The van der Waals surface area contributed by atoms with Gasteiger partial charge in [-0.15, -0.1) is 0 Å². The van der Waals surface area contributed by atoms with Gasteiger partial charge >= 0.3 is 0 Å². The molecule has 2 aromatic rings. The second-order valence-corrected chi connectivity index (χ2v) is 10.6. The van der Waals surface area contributed by atoms with E-state index >= 15 is 0 Å². The standard InChI is InChI=1S/C28H36FN3O3/c1-28(2)18-22(9-15-35-28)27(33)32-14-16-34-26-8-3-21(17-23(26)20-32)19-30-10-12-31(13-11-30)25-6-4-24(29)5-7-25/h3-8,17,22H,9-16,18-20H2,1-2H3/t22-/m1/s1. The monoisotopic (exact) mass is 481 g/mol. The lowest BCUT2D eigenvalue weighted by Gasteiger charge is -2.37. The van der Waals surface area contributed by atoms with Crippen LogP contribution in [0.1, 0.15) is 37.8 Å². The average Bonchev–Trinajstić information content (AvgIpc) is 3.06. The second kappa shape index (κ2) is 10.2. The number of anilines is 1. The number of amides is 1. The molecule has 0 N–H and O–H groups in total. The van der Waals surface area contributed by atoms with Gasteiger partial charge < -0.3 is 19.3 Å². The van der Waals surface area contributed by atoms with Crippen LogP contribution in [0.25, 0.3) is 0 Å². The fourth-order valence-electron chi connectivity index (χ4n) is 5.51. The summed E-state index contributed by atoms with van der Waals surface area (Å²) in [6.07, 6.45) is 1.55. The molecule has 0 bridgehead atoms. The lowest BCUT2D eigenvalue weighted by atomic mass is 9.87. The van der Waals surface area contributed by atoms with Gasteiger partial charge in [-0.25, -0.2) is 4.39 Å². The highest BCUT2D eigenvalue weighted by Crippen LogP contribution is 2.32. The van der Waals surface area contributed by atoms with Crippen LogP contribution in [0, 0.1) is 11.7 Å². The van der Waals surface area contributed by atoms with Gasteiger partial charge in [0.25, 0.3) is 0 Å². The van der Waals surface area contributed by atoms with E-state index in [1.165, 1.54) is 17.7 Å². The maximum absolute atomic E-state index is 13.4. The first-order chi connectivity index (χ1) is 16.9. The van der Waals surface area contributed by atoms with Gasteiger partial charge in [-0.3, -0.25) is 9.69 Å². The molecule has 0 spiro atoms. The fourth-order valence-corrected chi connectivity index (χ4v) is 5.51. The van der Waals surface area contributed by atoms with Crippen molar-refractivity contribution in [2.24, 2.45) is 5.92 Å². The number of fused-ring (bicyclic) bond motifs is 1. The van der Waals surface area contributed by atoms with Crippen molar-refractivity contribution in [3.63, 3.8) is 0 Å². The predicted molar refractivity (Wildman–Crippen MR) is 134 cm³/mol.